The molecular weight excluding hydrogens is 312 g/mol. The van der Waals surface area contributed by atoms with Crippen LogP contribution in [0.1, 0.15) is 12.5 Å². The van der Waals surface area contributed by atoms with Gasteiger partial charge in [-0.25, -0.2) is 0 Å². The van der Waals surface area contributed by atoms with Gasteiger partial charge in [-0.2, -0.15) is 5.32 Å². The first kappa shape index (κ1) is 17.4. The molecule has 0 radical (unpaired) electrons. The number of ether oxygens (including phenoxy) is 2. The van der Waals surface area contributed by atoms with Gasteiger partial charge in [-0.05, 0) is 19.1 Å². The average Bonchev–Trinajstić information content (AvgIpc) is 2.51. The van der Waals surface area contributed by atoms with Gasteiger partial charge >= 0.3 is 0 Å². The smallest absolute Gasteiger partial charge is 0.292 e. The first-order chi connectivity index (χ1) is 11.3. The molecule has 0 fully saturated rings. The third-order valence-corrected chi connectivity index (χ3v) is 3.56. The van der Waals surface area contributed by atoms with Crippen LogP contribution in [0.25, 0.3) is 5.57 Å². The Kier molecular flexibility index (Phi) is 4.85. The highest BCUT2D eigenvalue weighted by atomic mass is 16.6. The number of nitro groups is 1. The zero-order valence-electron chi connectivity index (χ0n) is 14.0. The van der Waals surface area contributed by atoms with Crippen LogP contribution in [-0.4, -0.2) is 48.7 Å². The van der Waals surface area contributed by atoms with Crippen LogP contribution in [0.3, 0.4) is 0 Å². The maximum Gasteiger partial charge on any atom is 0.292 e. The highest BCUT2D eigenvalue weighted by Crippen LogP contribution is 2.38. The molecule has 1 aliphatic rings. The maximum absolute atomic E-state index is 11.1. The summed E-state index contributed by atoms with van der Waals surface area (Å²) in [5.74, 6) is 1.02. The normalized spacial score (nSPS) is 18.5. The van der Waals surface area contributed by atoms with E-state index in [2.05, 4.69) is 5.32 Å². The minimum absolute atomic E-state index is 0.0475. The lowest BCUT2D eigenvalue weighted by atomic mass is 9.92. The molecule has 0 saturated carbocycles. The number of non-ortho nitro benzene ring substituents is 1. The molecular formula is C16H19N4O4+. The standard InChI is InChI=1S/C16H18N4O4/c1-16(9-23-4)8-13(15(18-10-17)19(2)3)12-7-11(20(21)22)5-6-14(12)24-16/h5-8H,9H2,1-4H3/p+1. The third kappa shape index (κ3) is 3.36. The van der Waals surface area contributed by atoms with Crippen molar-refractivity contribution in [3.05, 3.63) is 40.0 Å². The van der Waals surface area contributed by atoms with E-state index in [9.17, 15) is 10.1 Å². The quantitative estimate of drug-likeness (QED) is 0.171. The molecule has 8 nitrogen and oxygen atoms in total. The summed E-state index contributed by atoms with van der Waals surface area (Å²) >= 11 is 0. The molecule has 1 aromatic carbocycles. The molecule has 2 rings (SSSR count). The van der Waals surface area contributed by atoms with E-state index in [0.717, 1.165) is 0 Å². The number of nitro benzene ring substituents is 1. The van der Waals surface area contributed by atoms with Crippen molar-refractivity contribution in [1.82, 2.24) is 5.32 Å². The van der Waals surface area contributed by atoms with Crippen molar-refractivity contribution in [2.24, 2.45) is 0 Å². The van der Waals surface area contributed by atoms with Crippen LogP contribution >= 0.6 is 0 Å². The molecule has 0 amide bonds. The zero-order chi connectivity index (χ0) is 17.9. The summed E-state index contributed by atoms with van der Waals surface area (Å²) in [4.78, 5) is 10.6. The lowest BCUT2D eigenvalue weighted by Crippen LogP contribution is -2.40. The average molecular weight is 331 g/mol. The number of benzene rings is 1. The molecule has 0 aliphatic carbocycles. The van der Waals surface area contributed by atoms with Crippen molar-refractivity contribution in [3.63, 3.8) is 0 Å². The van der Waals surface area contributed by atoms with Crippen molar-refractivity contribution in [3.8, 4) is 11.9 Å². The van der Waals surface area contributed by atoms with Gasteiger partial charge in [-0.1, -0.05) is 0 Å². The molecule has 8 heteroatoms. The van der Waals surface area contributed by atoms with E-state index in [1.807, 2.05) is 19.2 Å². The van der Waals surface area contributed by atoms with Crippen LogP contribution in [0.4, 0.5) is 5.69 Å². The second kappa shape index (κ2) is 6.68. The fourth-order valence-electron chi connectivity index (χ4n) is 2.62. The van der Waals surface area contributed by atoms with Crippen molar-refractivity contribution >= 4 is 17.1 Å². The lowest BCUT2D eigenvalue weighted by Gasteiger charge is -2.32. The summed E-state index contributed by atoms with van der Waals surface area (Å²) in [6.45, 7) is 2.14. The molecule has 1 heterocycles. The zero-order valence-corrected chi connectivity index (χ0v) is 14.0. The number of rotatable bonds is 4. The lowest BCUT2D eigenvalue weighted by molar-refractivity contribution is -0.464. The predicted molar refractivity (Wildman–Crippen MR) is 87.8 cm³/mol. The van der Waals surface area contributed by atoms with Crippen molar-refractivity contribution in [2.75, 3.05) is 27.8 Å². The highest BCUT2D eigenvalue weighted by molar-refractivity contribution is 6.22. The van der Waals surface area contributed by atoms with E-state index in [-0.39, 0.29) is 5.69 Å². The Hall–Kier alpha value is -2.92. The number of methoxy groups -OCH3 is 1. The SMILES string of the molecule is COCC1(C)C=C(C(NC#N)=[N+](C)C)c2cc([N+](=O)[O-])ccc2O1. The monoisotopic (exact) mass is 331 g/mol. The second-order valence-corrected chi connectivity index (χ2v) is 5.82. The Morgan fingerprint density at radius 2 is 2.21 bits per heavy atom. The molecule has 1 aromatic rings. The Morgan fingerprint density at radius 3 is 2.75 bits per heavy atom. The first-order valence-corrected chi connectivity index (χ1v) is 7.20. The van der Waals surface area contributed by atoms with Gasteiger partial charge in [0.15, 0.2) is 0 Å². The topological polar surface area (TPSA) is 100 Å². The summed E-state index contributed by atoms with van der Waals surface area (Å²) in [7, 11) is 5.12. The largest absolute Gasteiger partial charge is 0.480 e. The van der Waals surface area contributed by atoms with Crippen molar-refractivity contribution in [1.29, 1.82) is 5.26 Å². The van der Waals surface area contributed by atoms with Gasteiger partial charge in [-0.15, -0.1) is 5.26 Å². The Labute approximate surface area is 139 Å². The molecule has 0 saturated heterocycles. The molecule has 24 heavy (non-hydrogen) atoms. The fourth-order valence-corrected chi connectivity index (χ4v) is 2.62. The van der Waals surface area contributed by atoms with E-state index < -0.39 is 10.5 Å². The molecule has 1 unspecified atom stereocenters. The molecule has 1 N–H and O–H groups in total. The Bertz CT molecular complexity index is 775. The summed E-state index contributed by atoms with van der Waals surface area (Å²) < 4.78 is 12.9. The van der Waals surface area contributed by atoms with Gasteiger partial charge in [0, 0.05) is 24.8 Å². The summed E-state index contributed by atoms with van der Waals surface area (Å²) in [6.07, 6.45) is 3.71. The van der Waals surface area contributed by atoms with E-state index in [0.29, 0.717) is 29.3 Å². The first-order valence-electron chi connectivity index (χ1n) is 7.20. The summed E-state index contributed by atoms with van der Waals surface area (Å²) in [5, 5.41) is 22.8. The molecule has 1 atom stereocenters. The van der Waals surface area contributed by atoms with Crippen LogP contribution in [0, 0.1) is 21.6 Å². The number of fused-ring (bicyclic) bond motifs is 1. The Morgan fingerprint density at radius 1 is 1.50 bits per heavy atom. The summed E-state index contributed by atoms with van der Waals surface area (Å²) in [6, 6.07) is 4.40. The number of nitriles is 1. The second-order valence-electron chi connectivity index (χ2n) is 5.82. The molecule has 0 bridgehead atoms. The van der Waals surface area contributed by atoms with Gasteiger partial charge in [-0.3, -0.25) is 14.7 Å². The van der Waals surface area contributed by atoms with Crippen molar-refractivity contribution in [2.45, 2.75) is 12.5 Å². The van der Waals surface area contributed by atoms with Gasteiger partial charge in [0.2, 0.25) is 0 Å². The number of hydrogen-bond acceptors (Lipinski definition) is 5. The highest BCUT2D eigenvalue weighted by Gasteiger charge is 2.36. The van der Waals surface area contributed by atoms with Crippen LogP contribution in [0.2, 0.25) is 0 Å². The summed E-state index contributed by atoms with van der Waals surface area (Å²) in [5.41, 5.74) is 0.384. The number of amidine groups is 1. The minimum atomic E-state index is -0.758. The Balaban J connectivity index is 2.69. The van der Waals surface area contributed by atoms with Crippen LogP contribution in [-0.2, 0) is 4.74 Å². The minimum Gasteiger partial charge on any atom is -0.480 e. The van der Waals surface area contributed by atoms with Gasteiger partial charge < -0.3 is 9.47 Å². The number of nitrogens with zero attached hydrogens (tertiary/aromatic N) is 3. The van der Waals surface area contributed by atoms with E-state index in [4.69, 9.17) is 14.7 Å². The van der Waals surface area contributed by atoms with E-state index in [1.165, 1.54) is 12.1 Å². The maximum atomic E-state index is 11.1. The predicted octanol–water partition coefficient (Wildman–Crippen LogP) is 1.52. The molecule has 1 aliphatic heterocycles. The number of nitrogens with one attached hydrogen (secondary N) is 1. The van der Waals surface area contributed by atoms with Crippen LogP contribution in [0.15, 0.2) is 24.3 Å². The molecule has 0 spiro atoms. The van der Waals surface area contributed by atoms with Gasteiger partial charge in [0.05, 0.1) is 31.2 Å². The molecule has 126 valence electrons. The van der Waals surface area contributed by atoms with E-state index >= 15 is 0 Å². The van der Waals surface area contributed by atoms with E-state index in [1.54, 1.807) is 31.8 Å². The van der Waals surface area contributed by atoms with Crippen molar-refractivity contribution < 1.29 is 19.0 Å². The third-order valence-electron chi connectivity index (χ3n) is 3.56. The van der Waals surface area contributed by atoms with Crippen LogP contribution < -0.4 is 10.1 Å². The van der Waals surface area contributed by atoms with Crippen LogP contribution in [0.5, 0.6) is 5.75 Å². The molecule has 0 aromatic heterocycles. The van der Waals surface area contributed by atoms with Gasteiger partial charge in [0.25, 0.3) is 17.7 Å². The fraction of sp³-hybridized carbons (Fsp3) is 0.375. The number of hydrogen-bond donors (Lipinski definition) is 1. The van der Waals surface area contributed by atoms with Gasteiger partial charge in [0.1, 0.15) is 11.4 Å².